The summed E-state index contributed by atoms with van der Waals surface area (Å²) in [6.45, 7) is 0.836. The third-order valence-electron chi connectivity index (χ3n) is 4.58. The smallest absolute Gasteiger partial charge is 0.118 e. The van der Waals surface area contributed by atoms with Crippen LogP contribution in [0.25, 0.3) is 0 Å². The molecule has 0 atom stereocenters. The predicted octanol–water partition coefficient (Wildman–Crippen LogP) is 5.25. The third kappa shape index (κ3) is 9.74. The molecule has 29 heavy (non-hydrogen) atoms. The lowest BCUT2D eigenvalue weighted by Gasteiger charge is -2.02. The van der Waals surface area contributed by atoms with Gasteiger partial charge in [0.05, 0.1) is 0 Å². The predicted molar refractivity (Wildman–Crippen MR) is 118 cm³/mol. The van der Waals surface area contributed by atoms with E-state index >= 15 is 0 Å². The van der Waals surface area contributed by atoms with Gasteiger partial charge in [-0.3, -0.25) is 0 Å². The highest BCUT2D eigenvalue weighted by Crippen LogP contribution is 2.18. The Morgan fingerprint density at radius 1 is 0.586 bits per heavy atom. The average molecular weight is 391 g/mol. The first-order valence-electron chi connectivity index (χ1n) is 10.3. The molecular formula is C26H30O3. The molecule has 0 aromatic heterocycles. The van der Waals surface area contributed by atoms with E-state index in [1.165, 1.54) is 0 Å². The van der Waals surface area contributed by atoms with E-state index in [9.17, 15) is 10.2 Å². The summed E-state index contributed by atoms with van der Waals surface area (Å²) in [7, 11) is 0. The molecule has 152 valence electrons. The monoisotopic (exact) mass is 390 g/mol. The van der Waals surface area contributed by atoms with Gasteiger partial charge in [0.2, 0.25) is 0 Å². The van der Waals surface area contributed by atoms with Crippen molar-refractivity contribution >= 4 is 0 Å². The van der Waals surface area contributed by atoms with E-state index < -0.39 is 0 Å². The highest BCUT2D eigenvalue weighted by atomic mass is 16.5. The van der Waals surface area contributed by atoms with Crippen LogP contribution in [-0.4, -0.2) is 23.4 Å². The first-order valence-corrected chi connectivity index (χ1v) is 10.3. The number of aromatic hydroxyl groups is 2. The van der Waals surface area contributed by atoms with Gasteiger partial charge in [-0.25, -0.2) is 0 Å². The van der Waals surface area contributed by atoms with Gasteiger partial charge in [-0.2, -0.15) is 0 Å². The maximum absolute atomic E-state index is 9.71. The summed E-state index contributed by atoms with van der Waals surface area (Å²) >= 11 is 0. The topological polar surface area (TPSA) is 49.7 Å². The maximum atomic E-state index is 9.71. The van der Waals surface area contributed by atoms with Gasteiger partial charge >= 0.3 is 0 Å². The van der Waals surface area contributed by atoms with Crippen LogP contribution >= 0.6 is 0 Å². The van der Waals surface area contributed by atoms with Crippen LogP contribution in [0.4, 0.5) is 0 Å². The summed E-state index contributed by atoms with van der Waals surface area (Å²) in [5.74, 6) is 13.0. The molecular weight excluding hydrogens is 360 g/mol. The zero-order chi connectivity index (χ0) is 20.6. The number of phenolic OH excluding ortho intramolecular Hbond substituents is 2. The molecule has 0 unspecified atom stereocenters. The second-order valence-corrected chi connectivity index (χ2v) is 6.87. The van der Waals surface area contributed by atoms with Crippen LogP contribution in [0.15, 0.2) is 48.5 Å². The van der Waals surface area contributed by atoms with Gasteiger partial charge in [-0.15, -0.1) is 11.8 Å². The van der Waals surface area contributed by atoms with Gasteiger partial charge in [0, 0.05) is 12.8 Å². The minimum absolute atomic E-state index is 0.378. The van der Waals surface area contributed by atoms with E-state index in [-0.39, 0.29) is 0 Å². The van der Waals surface area contributed by atoms with E-state index in [4.69, 9.17) is 4.74 Å². The van der Waals surface area contributed by atoms with Crippen molar-refractivity contribution in [3.05, 3.63) is 59.7 Å². The molecule has 0 spiro atoms. The van der Waals surface area contributed by atoms with Crippen molar-refractivity contribution in [1.29, 1.82) is 0 Å². The highest BCUT2D eigenvalue weighted by Gasteiger charge is 1.99. The van der Waals surface area contributed by atoms with Crippen molar-refractivity contribution < 1.29 is 14.9 Å². The van der Waals surface area contributed by atoms with Crippen LogP contribution in [-0.2, 0) is 17.6 Å². The Morgan fingerprint density at radius 3 is 1.48 bits per heavy atom. The van der Waals surface area contributed by atoms with E-state index in [1.54, 1.807) is 12.1 Å². The molecule has 0 amide bonds. The molecule has 0 aliphatic rings. The normalized spacial score (nSPS) is 9.93. The first kappa shape index (κ1) is 22.4. The fourth-order valence-electron chi connectivity index (χ4n) is 2.93. The Morgan fingerprint density at radius 2 is 1.03 bits per heavy atom. The molecule has 2 aromatic rings. The Balaban J connectivity index is 1.42. The lowest BCUT2D eigenvalue weighted by Crippen LogP contribution is -1.91. The Hall–Kier alpha value is -2.88. The molecule has 3 nitrogen and oxygen atoms in total. The van der Waals surface area contributed by atoms with E-state index in [0.29, 0.717) is 24.7 Å². The summed E-state index contributed by atoms with van der Waals surface area (Å²) in [6.07, 6.45) is 7.52. The first-order chi connectivity index (χ1) is 14.3. The number of hydrogen-bond donors (Lipinski definition) is 2. The van der Waals surface area contributed by atoms with Crippen molar-refractivity contribution in [1.82, 2.24) is 0 Å². The van der Waals surface area contributed by atoms with Gasteiger partial charge < -0.3 is 14.9 Å². The molecule has 0 bridgehead atoms. The molecule has 0 radical (unpaired) electrons. The maximum Gasteiger partial charge on any atom is 0.118 e. The van der Waals surface area contributed by atoms with E-state index in [0.717, 1.165) is 62.5 Å². The van der Waals surface area contributed by atoms with Crippen LogP contribution in [0.1, 0.15) is 49.7 Å². The van der Waals surface area contributed by atoms with Crippen molar-refractivity contribution in [2.45, 2.75) is 51.4 Å². The van der Waals surface area contributed by atoms with Gasteiger partial charge in [-0.05, 0) is 61.8 Å². The molecule has 3 heteroatoms. The second-order valence-electron chi connectivity index (χ2n) is 6.87. The number of para-hydroxylation sites is 2. The largest absolute Gasteiger partial charge is 0.508 e. The SMILES string of the molecule is Oc1ccccc1CCCCC#CCOCC#CCCCCc1ccccc1O. The number of benzene rings is 2. The van der Waals surface area contributed by atoms with Crippen molar-refractivity contribution in [3.8, 4) is 35.2 Å². The van der Waals surface area contributed by atoms with Crippen molar-refractivity contribution in [2.24, 2.45) is 0 Å². The van der Waals surface area contributed by atoms with Crippen molar-refractivity contribution in [3.63, 3.8) is 0 Å². The third-order valence-corrected chi connectivity index (χ3v) is 4.58. The molecule has 0 saturated carbocycles. The van der Waals surface area contributed by atoms with E-state index in [1.807, 2.05) is 36.4 Å². The molecule has 0 heterocycles. The minimum Gasteiger partial charge on any atom is -0.508 e. The molecule has 2 aromatic carbocycles. The van der Waals surface area contributed by atoms with Gasteiger partial charge in [-0.1, -0.05) is 48.2 Å². The zero-order valence-electron chi connectivity index (χ0n) is 17.0. The fraction of sp³-hybridized carbons (Fsp3) is 0.385. The number of rotatable bonds is 10. The van der Waals surface area contributed by atoms with Crippen LogP contribution in [0, 0.1) is 23.7 Å². The molecule has 0 aliphatic heterocycles. The molecule has 2 rings (SSSR count). The summed E-state index contributed by atoms with van der Waals surface area (Å²) in [6, 6.07) is 15.0. The summed E-state index contributed by atoms with van der Waals surface area (Å²) in [5.41, 5.74) is 2.00. The Labute approximate surface area is 174 Å². The van der Waals surface area contributed by atoms with Crippen molar-refractivity contribution in [2.75, 3.05) is 13.2 Å². The Kier molecular flexibility index (Phi) is 10.9. The number of aryl methyl sites for hydroxylation is 2. The second kappa shape index (κ2) is 14.2. The summed E-state index contributed by atoms with van der Waals surface area (Å²) in [4.78, 5) is 0. The standard InChI is InChI=1S/C26H30O3/c27-25-19-11-9-17-23(25)15-7-3-1-5-13-21-29-22-14-6-2-4-8-16-24-18-10-12-20-26(24)28/h9-12,17-20,27-28H,1-4,7-8,15-16,21-22H2. The van der Waals surface area contributed by atoms with Crippen LogP contribution < -0.4 is 0 Å². The number of ether oxygens (including phenoxy) is 1. The number of phenols is 2. The lowest BCUT2D eigenvalue weighted by molar-refractivity contribution is 0.204. The summed E-state index contributed by atoms with van der Waals surface area (Å²) < 4.78 is 5.40. The quantitative estimate of drug-likeness (QED) is 0.430. The van der Waals surface area contributed by atoms with Gasteiger partial charge in [0.1, 0.15) is 24.7 Å². The van der Waals surface area contributed by atoms with Crippen LogP contribution in [0.3, 0.4) is 0 Å². The fourth-order valence-corrected chi connectivity index (χ4v) is 2.93. The van der Waals surface area contributed by atoms with Crippen LogP contribution in [0.5, 0.6) is 11.5 Å². The van der Waals surface area contributed by atoms with Gasteiger partial charge in [0.15, 0.2) is 0 Å². The Bertz CT molecular complexity index is 778. The molecule has 0 fully saturated rings. The van der Waals surface area contributed by atoms with Crippen LogP contribution in [0.2, 0.25) is 0 Å². The molecule has 0 aliphatic carbocycles. The number of hydrogen-bond acceptors (Lipinski definition) is 3. The zero-order valence-corrected chi connectivity index (χ0v) is 17.0. The highest BCUT2D eigenvalue weighted by molar-refractivity contribution is 5.32. The van der Waals surface area contributed by atoms with E-state index in [2.05, 4.69) is 23.7 Å². The average Bonchev–Trinajstić information content (AvgIpc) is 2.73. The lowest BCUT2D eigenvalue weighted by atomic mass is 10.1. The molecule has 2 N–H and O–H groups in total. The minimum atomic E-state index is 0.378. The summed E-state index contributed by atoms with van der Waals surface area (Å²) in [5, 5.41) is 19.4. The number of unbranched alkanes of at least 4 members (excludes halogenated alkanes) is 4. The molecule has 0 saturated heterocycles. The van der Waals surface area contributed by atoms with Gasteiger partial charge in [0.25, 0.3) is 0 Å².